The summed E-state index contributed by atoms with van der Waals surface area (Å²) in [6, 6.07) is 6.27. The van der Waals surface area contributed by atoms with E-state index >= 15 is 0 Å². The van der Waals surface area contributed by atoms with E-state index in [1.54, 1.807) is 19.1 Å². The Kier molecular flexibility index (Phi) is 5.44. The third kappa shape index (κ3) is 4.23. The van der Waals surface area contributed by atoms with E-state index in [1.807, 2.05) is 0 Å². The lowest BCUT2D eigenvalue weighted by Gasteiger charge is -2.16. The smallest absolute Gasteiger partial charge is 0.277 e. The fourth-order valence-corrected chi connectivity index (χ4v) is 5.21. The number of rotatable bonds is 7. The van der Waals surface area contributed by atoms with E-state index in [0.29, 0.717) is 35.8 Å². The highest BCUT2D eigenvalue weighted by Crippen LogP contribution is 2.40. The molecule has 2 heterocycles. The van der Waals surface area contributed by atoms with Crippen LogP contribution in [0.2, 0.25) is 0 Å². The summed E-state index contributed by atoms with van der Waals surface area (Å²) in [5.41, 5.74) is 0.544. The molecule has 4 rings (SSSR count). The zero-order valence-electron chi connectivity index (χ0n) is 15.5. The Hall–Kier alpha value is -1.91. The molecule has 28 heavy (non-hydrogen) atoms. The number of nitrogens with zero attached hydrogens (tertiary/aromatic N) is 3. The van der Waals surface area contributed by atoms with Gasteiger partial charge in [-0.15, -0.1) is 10.2 Å². The number of hydrogen-bond donors (Lipinski definition) is 1. The number of carbonyl (C=O) groups is 1. The molecule has 150 valence electrons. The molecule has 1 aromatic heterocycles. The van der Waals surface area contributed by atoms with Gasteiger partial charge in [-0.05, 0) is 56.9 Å². The van der Waals surface area contributed by atoms with Crippen molar-refractivity contribution in [2.24, 2.45) is 0 Å². The van der Waals surface area contributed by atoms with E-state index in [4.69, 9.17) is 4.42 Å². The predicted octanol–water partition coefficient (Wildman–Crippen LogP) is 2.85. The van der Waals surface area contributed by atoms with Crippen LogP contribution in [0.5, 0.6) is 0 Å². The first-order chi connectivity index (χ1) is 13.4. The van der Waals surface area contributed by atoms with E-state index in [-0.39, 0.29) is 10.8 Å². The van der Waals surface area contributed by atoms with Gasteiger partial charge in [0.25, 0.3) is 5.22 Å². The zero-order chi connectivity index (χ0) is 19.7. The van der Waals surface area contributed by atoms with Crippen molar-refractivity contribution < 1.29 is 17.6 Å². The standard InChI is InChI=1S/C18H22N4O4S2/c1-12(27-18-21-20-17(26-18)13-4-5-13)16(23)19-14-6-8-15(9-7-14)28(24,25)22-10-2-3-11-22/h6-9,12-13H,2-5,10-11H2,1H3,(H,19,23). The molecule has 1 N–H and O–H groups in total. The summed E-state index contributed by atoms with van der Waals surface area (Å²) in [5, 5.41) is 10.7. The maximum absolute atomic E-state index is 12.5. The molecule has 1 saturated carbocycles. The largest absolute Gasteiger partial charge is 0.416 e. The van der Waals surface area contributed by atoms with Gasteiger partial charge in [0.15, 0.2) is 0 Å². The van der Waals surface area contributed by atoms with Crippen LogP contribution in [-0.2, 0) is 14.8 Å². The van der Waals surface area contributed by atoms with E-state index in [0.717, 1.165) is 25.7 Å². The lowest BCUT2D eigenvalue weighted by Crippen LogP contribution is -2.27. The van der Waals surface area contributed by atoms with Crippen molar-refractivity contribution in [2.75, 3.05) is 18.4 Å². The topological polar surface area (TPSA) is 105 Å². The van der Waals surface area contributed by atoms with Crippen molar-refractivity contribution >= 4 is 33.4 Å². The van der Waals surface area contributed by atoms with Crippen LogP contribution in [0.15, 0.2) is 38.8 Å². The highest BCUT2D eigenvalue weighted by molar-refractivity contribution is 8.00. The van der Waals surface area contributed by atoms with E-state index in [9.17, 15) is 13.2 Å². The molecule has 2 aromatic rings. The predicted molar refractivity (Wildman–Crippen MR) is 105 cm³/mol. The normalized spacial score (nSPS) is 18.9. The Morgan fingerprint density at radius 1 is 1.21 bits per heavy atom. The van der Waals surface area contributed by atoms with E-state index in [2.05, 4.69) is 15.5 Å². The van der Waals surface area contributed by atoms with Gasteiger partial charge in [-0.3, -0.25) is 4.79 Å². The molecule has 1 amide bonds. The highest BCUT2D eigenvalue weighted by Gasteiger charge is 2.30. The van der Waals surface area contributed by atoms with Crippen LogP contribution in [0, 0.1) is 0 Å². The summed E-state index contributed by atoms with van der Waals surface area (Å²) in [4.78, 5) is 12.7. The SMILES string of the molecule is CC(Sc1nnc(C2CC2)o1)C(=O)Nc1ccc(S(=O)(=O)N2CCCC2)cc1. The summed E-state index contributed by atoms with van der Waals surface area (Å²) < 4.78 is 32.2. The number of sulfonamides is 1. The van der Waals surface area contributed by atoms with Crippen LogP contribution in [0.3, 0.4) is 0 Å². The molecule has 0 bridgehead atoms. The Labute approximate surface area is 168 Å². The molecule has 1 aliphatic heterocycles. The number of nitrogens with one attached hydrogen (secondary N) is 1. The van der Waals surface area contributed by atoms with Crippen molar-refractivity contribution in [1.82, 2.24) is 14.5 Å². The maximum atomic E-state index is 12.5. The molecule has 10 heteroatoms. The molecular weight excluding hydrogens is 400 g/mol. The highest BCUT2D eigenvalue weighted by atomic mass is 32.2. The Morgan fingerprint density at radius 3 is 2.54 bits per heavy atom. The molecule has 0 radical (unpaired) electrons. The molecule has 0 spiro atoms. The summed E-state index contributed by atoms with van der Waals surface area (Å²) in [7, 11) is -3.45. The minimum absolute atomic E-state index is 0.216. The van der Waals surface area contributed by atoms with Gasteiger partial charge in [0.05, 0.1) is 10.1 Å². The van der Waals surface area contributed by atoms with Gasteiger partial charge >= 0.3 is 0 Å². The summed E-state index contributed by atoms with van der Waals surface area (Å²) in [5.74, 6) is 0.803. The second-order valence-corrected chi connectivity index (χ2v) is 10.3. The van der Waals surface area contributed by atoms with Crippen molar-refractivity contribution in [1.29, 1.82) is 0 Å². The van der Waals surface area contributed by atoms with Crippen LogP contribution in [0.4, 0.5) is 5.69 Å². The van der Waals surface area contributed by atoms with Gasteiger partial charge in [-0.1, -0.05) is 11.8 Å². The minimum Gasteiger partial charge on any atom is -0.416 e. The number of carbonyl (C=O) groups excluding carboxylic acids is 1. The molecular formula is C18H22N4O4S2. The number of anilines is 1. The van der Waals surface area contributed by atoms with Crippen LogP contribution >= 0.6 is 11.8 Å². The first-order valence-corrected chi connectivity index (χ1v) is 11.7. The number of hydrogen-bond acceptors (Lipinski definition) is 7. The Balaban J connectivity index is 1.35. The van der Waals surface area contributed by atoms with Crippen molar-refractivity contribution in [3.63, 3.8) is 0 Å². The Morgan fingerprint density at radius 2 is 1.89 bits per heavy atom. The average Bonchev–Trinajstić information content (AvgIpc) is 3.18. The average molecular weight is 423 g/mol. The summed E-state index contributed by atoms with van der Waals surface area (Å²) in [6.45, 7) is 2.88. The monoisotopic (exact) mass is 422 g/mol. The van der Waals surface area contributed by atoms with Gasteiger partial charge in [0.1, 0.15) is 0 Å². The minimum atomic E-state index is -3.45. The van der Waals surface area contributed by atoms with Gasteiger partial charge in [0, 0.05) is 24.7 Å². The Bertz CT molecular complexity index is 948. The fourth-order valence-electron chi connectivity index (χ4n) is 3.00. The van der Waals surface area contributed by atoms with Crippen LogP contribution in [0.1, 0.15) is 44.4 Å². The number of aromatic nitrogens is 2. The lowest BCUT2D eigenvalue weighted by molar-refractivity contribution is -0.115. The third-order valence-electron chi connectivity index (χ3n) is 4.82. The molecule has 1 aliphatic carbocycles. The zero-order valence-corrected chi connectivity index (χ0v) is 17.1. The van der Waals surface area contributed by atoms with E-state index < -0.39 is 15.3 Å². The number of thioether (sulfide) groups is 1. The van der Waals surface area contributed by atoms with Crippen LogP contribution in [-0.4, -0.2) is 47.2 Å². The van der Waals surface area contributed by atoms with Crippen molar-refractivity contribution in [3.8, 4) is 0 Å². The second kappa shape index (κ2) is 7.84. The third-order valence-corrected chi connectivity index (χ3v) is 7.67. The van der Waals surface area contributed by atoms with Gasteiger partial charge in [-0.25, -0.2) is 8.42 Å². The maximum Gasteiger partial charge on any atom is 0.277 e. The number of amides is 1. The first kappa shape index (κ1) is 19.4. The molecule has 1 aromatic carbocycles. The summed E-state index contributed by atoms with van der Waals surface area (Å²) >= 11 is 1.21. The van der Waals surface area contributed by atoms with Crippen molar-refractivity contribution in [3.05, 3.63) is 30.2 Å². The van der Waals surface area contributed by atoms with Crippen LogP contribution < -0.4 is 5.32 Å². The van der Waals surface area contributed by atoms with Gasteiger partial charge in [-0.2, -0.15) is 4.31 Å². The van der Waals surface area contributed by atoms with Gasteiger partial charge in [0.2, 0.25) is 21.8 Å². The van der Waals surface area contributed by atoms with E-state index in [1.165, 1.54) is 28.2 Å². The molecule has 2 aliphatic rings. The quantitative estimate of drug-likeness (QED) is 0.684. The lowest BCUT2D eigenvalue weighted by atomic mass is 10.3. The van der Waals surface area contributed by atoms with Crippen molar-refractivity contribution in [2.45, 2.75) is 53.9 Å². The first-order valence-electron chi connectivity index (χ1n) is 9.34. The van der Waals surface area contributed by atoms with Crippen LogP contribution in [0.25, 0.3) is 0 Å². The fraction of sp³-hybridized carbons (Fsp3) is 0.500. The summed E-state index contributed by atoms with van der Waals surface area (Å²) in [6.07, 6.45) is 3.94. The number of benzene rings is 1. The molecule has 1 saturated heterocycles. The van der Waals surface area contributed by atoms with Gasteiger partial charge < -0.3 is 9.73 Å². The second-order valence-electron chi connectivity index (χ2n) is 7.07. The molecule has 1 atom stereocenters. The molecule has 2 fully saturated rings. The molecule has 8 nitrogen and oxygen atoms in total. The molecule has 1 unspecified atom stereocenters.